The van der Waals surface area contributed by atoms with E-state index in [9.17, 15) is 19.5 Å². The number of unbranched alkanes of at least 4 members (excludes halogenated alkanes) is 9. The monoisotopic (exact) mass is 782 g/mol. The molecule has 0 fully saturated rings. The van der Waals surface area contributed by atoms with Crippen LogP contribution in [0.5, 0.6) is 0 Å². The lowest BCUT2D eigenvalue weighted by Gasteiger charge is -2.34. The Balaban J connectivity index is 4.39. The van der Waals surface area contributed by atoms with E-state index in [2.05, 4.69) is 98.9 Å². The molecule has 0 aromatic carbocycles. The van der Waals surface area contributed by atoms with E-state index in [0.717, 1.165) is 83.5 Å². The first kappa shape index (κ1) is 52.5. The number of carbonyl (C=O) groups excluding carboxylic acids is 3. The minimum atomic E-state index is -1.14. The van der Waals surface area contributed by atoms with Gasteiger partial charge < -0.3 is 28.6 Å². The number of rotatable bonds is 37. The first-order valence-electron chi connectivity index (χ1n) is 21.6. The summed E-state index contributed by atoms with van der Waals surface area (Å²) in [6.07, 6.45) is 49.1. The molecule has 0 bridgehead atoms. The summed E-state index contributed by atoms with van der Waals surface area (Å²) in [5.41, 5.74) is 0. The molecule has 0 aromatic rings. The second-order valence-electron chi connectivity index (χ2n) is 15.2. The van der Waals surface area contributed by atoms with Crippen molar-refractivity contribution < 1.29 is 38.2 Å². The number of likely N-dealkylation sites (N-methyl/N-ethyl adjacent to an activating group) is 1. The topological polar surface area (TPSA) is 102 Å². The smallest absolute Gasteiger partial charge is 0.306 e. The normalized spacial score (nSPS) is 13.8. The molecule has 56 heavy (non-hydrogen) atoms. The van der Waals surface area contributed by atoms with E-state index in [1.54, 1.807) is 21.1 Å². The van der Waals surface area contributed by atoms with Gasteiger partial charge in [0.25, 0.3) is 0 Å². The Morgan fingerprint density at radius 1 is 0.554 bits per heavy atom. The van der Waals surface area contributed by atoms with Crippen LogP contribution in [0.2, 0.25) is 0 Å². The minimum Gasteiger partial charge on any atom is -0.544 e. The Labute approximate surface area is 342 Å². The van der Waals surface area contributed by atoms with Gasteiger partial charge in [0.2, 0.25) is 0 Å². The molecule has 0 N–H and O–H groups in total. The van der Waals surface area contributed by atoms with Crippen LogP contribution in [0.3, 0.4) is 0 Å². The van der Waals surface area contributed by atoms with Gasteiger partial charge in [-0.05, 0) is 83.5 Å². The van der Waals surface area contributed by atoms with E-state index in [1.165, 1.54) is 25.7 Å². The highest BCUT2D eigenvalue weighted by molar-refractivity contribution is 5.70. The van der Waals surface area contributed by atoms with Crippen molar-refractivity contribution in [1.82, 2.24) is 0 Å². The standard InChI is InChI=1S/C48H79NO7/c1-6-8-10-12-14-16-18-19-20-21-22-23-24-25-26-27-29-30-32-34-36-38-46(50)55-43-44(42-54-41-40-45(48(52)53)49(3,4)5)56-47(51)39-37-35-33-31-28-17-15-13-11-9-7-2/h9,11,14-17,19-20,22-23,25-26,31,33,44-45H,6-8,10,12-13,18,21,24,27-30,32,34-43H2,1-5H3/b11-9+,16-14+,17-15+,20-19+,23-22+,26-25+,33-31+. The van der Waals surface area contributed by atoms with Crippen LogP contribution in [-0.4, -0.2) is 75.5 Å². The van der Waals surface area contributed by atoms with E-state index in [-0.39, 0.29) is 49.1 Å². The molecule has 0 heterocycles. The highest BCUT2D eigenvalue weighted by Gasteiger charge is 2.25. The molecule has 0 aliphatic rings. The summed E-state index contributed by atoms with van der Waals surface area (Å²) in [6, 6.07) is -0.741. The fraction of sp³-hybridized carbons (Fsp3) is 0.646. The van der Waals surface area contributed by atoms with Crippen molar-refractivity contribution in [3.63, 3.8) is 0 Å². The van der Waals surface area contributed by atoms with Crippen molar-refractivity contribution in [2.75, 3.05) is 41.0 Å². The van der Waals surface area contributed by atoms with Gasteiger partial charge in [-0.1, -0.05) is 131 Å². The molecule has 2 atom stereocenters. The highest BCUT2D eigenvalue weighted by Crippen LogP contribution is 2.11. The summed E-state index contributed by atoms with van der Waals surface area (Å²) in [7, 11) is 5.37. The number of hydrogen-bond acceptors (Lipinski definition) is 7. The fourth-order valence-corrected chi connectivity index (χ4v) is 5.66. The Morgan fingerprint density at radius 3 is 1.54 bits per heavy atom. The number of carboxylic acids is 1. The second kappa shape index (κ2) is 38.4. The molecule has 2 unspecified atom stereocenters. The molecule has 8 nitrogen and oxygen atoms in total. The number of hydrogen-bond donors (Lipinski definition) is 0. The lowest BCUT2D eigenvalue weighted by atomic mass is 10.1. The molecule has 0 aliphatic heterocycles. The third-order valence-corrected chi connectivity index (χ3v) is 9.02. The molecule has 0 rings (SSSR count). The van der Waals surface area contributed by atoms with Gasteiger partial charge in [0.05, 0.1) is 40.3 Å². The summed E-state index contributed by atoms with van der Waals surface area (Å²) in [5, 5.41) is 11.6. The predicted octanol–water partition coefficient (Wildman–Crippen LogP) is 10.4. The van der Waals surface area contributed by atoms with Crippen molar-refractivity contribution in [1.29, 1.82) is 0 Å². The number of esters is 2. The number of carbonyl (C=O) groups is 3. The van der Waals surface area contributed by atoms with Gasteiger partial charge in [0.15, 0.2) is 6.10 Å². The summed E-state index contributed by atoms with van der Waals surface area (Å²) in [5.74, 6) is -1.84. The third kappa shape index (κ3) is 36.2. The van der Waals surface area contributed by atoms with Gasteiger partial charge in [-0.25, -0.2) is 0 Å². The van der Waals surface area contributed by atoms with Gasteiger partial charge in [-0.15, -0.1) is 0 Å². The van der Waals surface area contributed by atoms with Gasteiger partial charge in [-0.3, -0.25) is 9.59 Å². The average Bonchev–Trinajstić information content (AvgIpc) is 3.15. The highest BCUT2D eigenvalue weighted by atomic mass is 16.6. The molecule has 0 aromatic heterocycles. The van der Waals surface area contributed by atoms with Crippen molar-refractivity contribution in [3.8, 4) is 0 Å². The van der Waals surface area contributed by atoms with E-state index < -0.39 is 18.1 Å². The zero-order valence-electron chi connectivity index (χ0n) is 36.0. The number of carboxylic acid groups (broad SMARTS) is 1. The average molecular weight is 782 g/mol. The molecule has 0 amide bonds. The van der Waals surface area contributed by atoms with Crippen molar-refractivity contribution >= 4 is 17.9 Å². The zero-order chi connectivity index (χ0) is 41.4. The van der Waals surface area contributed by atoms with Crippen molar-refractivity contribution in [2.24, 2.45) is 0 Å². The van der Waals surface area contributed by atoms with E-state index in [4.69, 9.17) is 14.2 Å². The molecule has 0 saturated carbocycles. The van der Waals surface area contributed by atoms with Crippen LogP contribution in [0.15, 0.2) is 85.1 Å². The first-order valence-corrected chi connectivity index (χ1v) is 21.6. The van der Waals surface area contributed by atoms with Crippen LogP contribution >= 0.6 is 0 Å². The lowest BCUT2D eigenvalue weighted by Crippen LogP contribution is -2.55. The Morgan fingerprint density at radius 2 is 1.02 bits per heavy atom. The molecule has 0 spiro atoms. The molecule has 318 valence electrons. The van der Waals surface area contributed by atoms with E-state index in [0.29, 0.717) is 12.8 Å². The minimum absolute atomic E-state index is 0.00898. The van der Waals surface area contributed by atoms with E-state index in [1.807, 2.05) is 0 Å². The Hall–Kier alpha value is -3.49. The summed E-state index contributed by atoms with van der Waals surface area (Å²) in [4.78, 5) is 36.7. The summed E-state index contributed by atoms with van der Waals surface area (Å²) < 4.78 is 17.0. The number of quaternary nitrogens is 1. The summed E-state index contributed by atoms with van der Waals surface area (Å²) >= 11 is 0. The molecule has 0 aliphatic carbocycles. The van der Waals surface area contributed by atoms with Gasteiger partial charge in [0, 0.05) is 19.3 Å². The Kier molecular flexibility index (Phi) is 36.0. The van der Waals surface area contributed by atoms with E-state index >= 15 is 0 Å². The number of aliphatic carboxylic acids is 1. The van der Waals surface area contributed by atoms with Gasteiger partial charge in [0.1, 0.15) is 12.6 Å². The van der Waals surface area contributed by atoms with Crippen LogP contribution in [0.4, 0.5) is 0 Å². The predicted molar refractivity (Wildman–Crippen MR) is 231 cm³/mol. The lowest BCUT2D eigenvalue weighted by molar-refractivity contribution is -0.889. The first-order chi connectivity index (χ1) is 27.1. The van der Waals surface area contributed by atoms with Crippen LogP contribution in [-0.2, 0) is 28.6 Å². The SMILES string of the molecule is CC/C=C/C/C=C/C/C=C/CCCC(=O)OC(COCCC(C(=O)[O-])[N+](C)(C)C)COC(=O)CCCCCCC/C=C/C/C=C/C/C=C/C/C=C/CCCCC. The summed E-state index contributed by atoms with van der Waals surface area (Å²) in [6.45, 7) is 4.41. The van der Waals surface area contributed by atoms with Gasteiger partial charge in [-0.2, -0.15) is 0 Å². The maximum Gasteiger partial charge on any atom is 0.306 e. The Bertz CT molecular complexity index is 1190. The number of allylic oxidation sites excluding steroid dienone is 14. The molecular weight excluding hydrogens is 703 g/mol. The molecular formula is C48H79NO7. The maximum atomic E-state index is 12.6. The third-order valence-electron chi connectivity index (χ3n) is 9.02. The maximum absolute atomic E-state index is 12.6. The molecule has 8 heteroatoms. The van der Waals surface area contributed by atoms with Crippen LogP contribution in [0, 0.1) is 0 Å². The quantitative estimate of drug-likeness (QED) is 0.0268. The van der Waals surface area contributed by atoms with Crippen LogP contribution in [0.25, 0.3) is 0 Å². The van der Waals surface area contributed by atoms with Crippen LogP contribution in [0.1, 0.15) is 149 Å². The second-order valence-corrected chi connectivity index (χ2v) is 15.2. The van der Waals surface area contributed by atoms with Crippen molar-refractivity contribution in [2.45, 2.75) is 161 Å². The zero-order valence-corrected chi connectivity index (χ0v) is 36.0. The molecule has 0 saturated heterocycles. The molecule has 0 radical (unpaired) electrons. The van der Waals surface area contributed by atoms with Crippen molar-refractivity contribution in [3.05, 3.63) is 85.1 Å². The number of ether oxygens (including phenoxy) is 3. The fourth-order valence-electron chi connectivity index (χ4n) is 5.66. The number of nitrogens with zero attached hydrogens (tertiary/aromatic N) is 1. The van der Waals surface area contributed by atoms with Gasteiger partial charge >= 0.3 is 11.9 Å². The van der Waals surface area contributed by atoms with Crippen LogP contribution < -0.4 is 5.11 Å². The largest absolute Gasteiger partial charge is 0.544 e.